The number of benzene rings is 2. The Bertz CT molecular complexity index is 893. The van der Waals surface area contributed by atoms with Crippen molar-refractivity contribution in [1.29, 1.82) is 0 Å². The van der Waals surface area contributed by atoms with Gasteiger partial charge in [0.1, 0.15) is 6.04 Å². The molecule has 11 heteroatoms. The summed E-state index contributed by atoms with van der Waals surface area (Å²) in [6, 6.07) is 10.5. The number of anilines is 1. The fraction of sp³-hybridized carbons (Fsp3) is 0.250. The van der Waals surface area contributed by atoms with E-state index in [2.05, 4.69) is 21.5 Å². The zero-order chi connectivity index (χ0) is 22.9. The maximum Gasteiger partial charge on any atom is 0.416 e. The van der Waals surface area contributed by atoms with Crippen molar-refractivity contribution in [3.63, 3.8) is 0 Å². The maximum absolute atomic E-state index is 12.7. The Morgan fingerprint density at radius 1 is 0.968 bits per heavy atom. The number of nitrogens with one attached hydrogen (secondary N) is 4. The number of urea groups is 1. The number of hydrogen-bond donors (Lipinski definition) is 4. The van der Waals surface area contributed by atoms with Gasteiger partial charge in [-0.05, 0) is 54.8 Å². The number of carbonyl (C=O) groups excluding carboxylic acids is 3. The second-order valence-electron chi connectivity index (χ2n) is 6.32. The Morgan fingerprint density at radius 2 is 1.61 bits per heavy atom. The smallest absolute Gasteiger partial charge is 0.340 e. The molecule has 2 rings (SSSR count). The lowest BCUT2D eigenvalue weighted by molar-refractivity contribution is -0.137. The highest BCUT2D eigenvalue weighted by molar-refractivity contribution is 7.98. The van der Waals surface area contributed by atoms with Crippen LogP contribution in [0.1, 0.15) is 22.3 Å². The van der Waals surface area contributed by atoms with Crippen LogP contribution in [0.25, 0.3) is 0 Å². The van der Waals surface area contributed by atoms with Crippen molar-refractivity contribution in [2.45, 2.75) is 18.6 Å². The molecule has 1 atom stereocenters. The third-order valence-electron chi connectivity index (χ3n) is 4.04. The summed E-state index contributed by atoms with van der Waals surface area (Å²) in [4.78, 5) is 36.7. The number of carbonyl (C=O) groups is 3. The van der Waals surface area contributed by atoms with Crippen molar-refractivity contribution in [1.82, 2.24) is 16.2 Å². The second-order valence-corrected chi connectivity index (χ2v) is 7.30. The molecule has 31 heavy (non-hydrogen) atoms. The van der Waals surface area contributed by atoms with Crippen LogP contribution in [-0.4, -0.2) is 35.9 Å². The first-order chi connectivity index (χ1) is 14.7. The van der Waals surface area contributed by atoms with Crippen molar-refractivity contribution < 1.29 is 27.6 Å². The van der Waals surface area contributed by atoms with Crippen molar-refractivity contribution in [2.75, 3.05) is 17.3 Å². The molecule has 0 aliphatic rings. The highest BCUT2D eigenvalue weighted by atomic mass is 32.2. The van der Waals surface area contributed by atoms with Gasteiger partial charge < -0.3 is 10.6 Å². The summed E-state index contributed by atoms with van der Waals surface area (Å²) >= 11 is 1.45. The van der Waals surface area contributed by atoms with Crippen LogP contribution < -0.4 is 21.5 Å². The van der Waals surface area contributed by atoms with E-state index >= 15 is 0 Å². The monoisotopic (exact) mass is 454 g/mol. The van der Waals surface area contributed by atoms with Gasteiger partial charge in [-0.15, -0.1) is 0 Å². The highest BCUT2D eigenvalue weighted by Gasteiger charge is 2.30. The van der Waals surface area contributed by atoms with Crippen LogP contribution in [0.3, 0.4) is 0 Å². The van der Waals surface area contributed by atoms with Gasteiger partial charge in [0.25, 0.3) is 11.8 Å². The van der Waals surface area contributed by atoms with Crippen LogP contribution >= 0.6 is 11.8 Å². The van der Waals surface area contributed by atoms with Crippen LogP contribution in [0.4, 0.5) is 23.7 Å². The number of halogens is 3. The molecule has 0 unspecified atom stereocenters. The molecule has 0 heterocycles. The van der Waals surface area contributed by atoms with Crippen LogP contribution in [0.5, 0.6) is 0 Å². The van der Waals surface area contributed by atoms with Crippen molar-refractivity contribution in [3.8, 4) is 0 Å². The molecule has 0 spiro atoms. The third-order valence-corrected chi connectivity index (χ3v) is 4.68. The molecule has 0 saturated carbocycles. The van der Waals surface area contributed by atoms with E-state index in [9.17, 15) is 27.6 Å². The minimum atomic E-state index is -4.51. The summed E-state index contributed by atoms with van der Waals surface area (Å²) in [5.74, 6) is -0.844. The van der Waals surface area contributed by atoms with Crippen LogP contribution in [0.2, 0.25) is 0 Å². The normalized spacial score (nSPS) is 11.9. The molecule has 166 valence electrons. The third kappa shape index (κ3) is 7.85. The largest absolute Gasteiger partial charge is 0.416 e. The molecule has 2 aromatic rings. The minimum absolute atomic E-state index is 0.0234. The Morgan fingerprint density at radius 3 is 2.19 bits per heavy atom. The second kappa shape index (κ2) is 11.3. The summed E-state index contributed by atoms with van der Waals surface area (Å²) in [6.07, 6.45) is -2.44. The van der Waals surface area contributed by atoms with Gasteiger partial charge in [0.2, 0.25) is 0 Å². The first-order valence-electron chi connectivity index (χ1n) is 9.09. The molecular weight excluding hydrogens is 433 g/mol. The molecule has 0 saturated heterocycles. The van der Waals surface area contributed by atoms with E-state index in [1.807, 2.05) is 6.26 Å². The molecule has 0 aliphatic heterocycles. The molecular formula is C20H21F3N4O3S. The number of hydrogen-bond acceptors (Lipinski definition) is 4. The Hall–Kier alpha value is -3.21. The van der Waals surface area contributed by atoms with E-state index in [0.29, 0.717) is 11.4 Å². The molecule has 2 aromatic carbocycles. The fourth-order valence-electron chi connectivity index (χ4n) is 2.45. The predicted molar refractivity (Wildman–Crippen MR) is 112 cm³/mol. The topological polar surface area (TPSA) is 99.3 Å². The minimum Gasteiger partial charge on any atom is -0.340 e. The summed E-state index contributed by atoms with van der Waals surface area (Å²) in [6.45, 7) is 0. The lowest BCUT2D eigenvalue weighted by Crippen LogP contribution is -2.53. The molecule has 0 aromatic heterocycles. The van der Waals surface area contributed by atoms with E-state index in [0.717, 1.165) is 24.3 Å². The standard InChI is InChI=1S/C20H21F3N4O3S/c1-31-12-11-16(18(29)26-27-19(30)24-15-5-3-2-4-6-15)25-17(28)13-7-9-14(10-8-13)20(21,22)23/h2-10,16H,11-12H2,1H3,(H,25,28)(H,26,29)(H2,24,27,30)/t16-/m0/s1. The predicted octanol–water partition coefficient (Wildman–Crippen LogP) is 3.41. The van der Waals surface area contributed by atoms with Gasteiger partial charge in [0.15, 0.2) is 0 Å². The zero-order valence-electron chi connectivity index (χ0n) is 16.5. The summed E-state index contributed by atoms with van der Waals surface area (Å²) in [5, 5.41) is 5.00. The molecule has 0 aliphatic carbocycles. The summed E-state index contributed by atoms with van der Waals surface area (Å²) in [7, 11) is 0. The molecule has 0 bridgehead atoms. The first kappa shape index (κ1) is 24.1. The molecule has 7 nitrogen and oxygen atoms in total. The van der Waals surface area contributed by atoms with E-state index < -0.39 is 35.6 Å². The number of para-hydroxylation sites is 1. The quantitative estimate of drug-likeness (QED) is 0.482. The van der Waals surface area contributed by atoms with Crippen LogP contribution in [0.15, 0.2) is 54.6 Å². The number of hydrazine groups is 1. The fourth-order valence-corrected chi connectivity index (χ4v) is 2.92. The molecule has 4 N–H and O–H groups in total. The average molecular weight is 454 g/mol. The maximum atomic E-state index is 12.7. The zero-order valence-corrected chi connectivity index (χ0v) is 17.3. The van der Waals surface area contributed by atoms with Gasteiger partial charge in [-0.25, -0.2) is 10.2 Å². The average Bonchev–Trinajstić information content (AvgIpc) is 2.75. The Labute approximate surface area is 181 Å². The van der Waals surface area contributed by atoms with Crippen LogP contribution in [-0.2, 0) is 11.0 Å². The lowest BCUT2D eigenvalue weighted by Gasteiger charge is -2.19. The SMILES string of the molecule is CSCC[C@H](NC(=O)c1ccc(C(F)(F)F)cc1)C(=O)NNC(=O)Nc1ccccc1. The highest BCUT2D eigenvalue weighted by Crippen LogP contribution is 2.29. The molecule has 0 fully saturated rings. The molecule has 0 radical (unpaired) electrons. The Kier molecular flexibility index (Phi) is 8.74. The van der Waals surface area contributed by atoms with E-state index in [-0.39, 0.29) is 12.0 Å². The van der Waals surface area contributed by atoms with Gasteiger partial charge >= 0.3 is 12.2 Å². The number of thioether (sulfide) groups is 1. The number of alkyl halides is 3. The van der Waals surface area contributed by atoms with Crippen molar-refractivity contribution in [2.24, 2.45) is 0 Å². The first-order valence-corrected chi connectivity index (χ1v) is 10.5. The van der Waals surface area contributed by atoms with Crippen molar-refractivity contribution in [3.05, 3.63) is 65.7 Å². The Balaban J connectivity index is 1.95. The number of amides is 4. The van der Waals surface area contributed by atoms with Gasteiger partial charge in [-0.3, -0.25) is 15.0 Å². The van der Waals surface area contributed by atoms with E-state index in [1.165, 1.54) is 11.8 Å². The summed E-state index contributed by atoms with van der Waals surface area (Å²) < 4.78 is 38.0. The lowest BCUT2D eigenvalue weighted by atomic mass is 10.1. The molecule has 4 amide bonds. The van der Waals surface area contributed by atoms with E-state index in [1.54, 1.807) is 30.3 Å². The van der Waals surface area contributed by atoms with Crippen molar-refractivity contribution >= 4 is 35.3 Å². The van der Waals surface area contributed by atoms with Crippen LogP contribution in [0, 0.1) is 0 Å². The van der Waals surface area contributed by atoms with Gasteiger partial charge in [-0.2, -0.15) is 24.9 Å². The van der Waals surface area contributed by atoms with E-state index in [4.69, 9.17) is 0 Å². The van der Waals surface area contributed by atoms with Gasteiger partial charge in [0.05, 0.1) is 5.56 Å². The van der Waals surface area contributed by atoms with Gasteiger partial charge in [0, 0.05) is 11.3 Å². The summed E-state index contributed by atoms with van der Waals surface area (Å²) in [5.41, 5.74) is 4.03. The number of rotatable bonds is 7. The van der Waals surface area contributed by atoms with Gasteiger partial charge in [-0.1, -0.05) is 18.2 Å².